The van der Waals surface area contributed by atoms with Crippen LogP contribution in [0.2, 0.25) is 5.02 Å². The Morgan fingerprint density at radius 2 is 2.31 bits per heavy atom. The number of halogens is 1. The van der Waals surface area contributed by atoms with Crippen LogP contribution in [0.25, 0.3) is 0 Å². The molecule has 0 saturated heterocycles. The van der Waals surface area contributed by atoms with Gasteiger partial charge in [0.05, 0.1) is 28.9 Å². The second-order valence-electron chi connectivity index (χ2n) is 6.08. The molecule has 1 atom stereocenters. The monoisotopic (exact) mass is 375 g/mol. The Kier molecular flexibility index (Phi) is 5.65. The summed E-state index contributed by atoms with van der Waals surface area (Å²) in [6, 6.07) is 3.76. The number of nitriles is 1. The molecule has 0 radical (unpaired) electrons. The van der Waals surface area contributed by atoms with Gasteiger partial charge in [0.15, 0.2) is 5.69 Å². The zero-order chi connectivity index (χ0) is 18.5. The Labute approximate surface area is 155 Å². The molecule has 26 heavy (non-hydrogen) atoms. The van der Waals surface area contributed by atoms with E-state index in [1.165, 1.54) is 18.7 Å². The molecule has 1 saturated carbocycles. The second-order valence-corrected chi connectivity index (χ2v) is 6.49. The van der Waals surface area contributed by atoms with Crippen molar-refractivity contribution in [2.75, 3.05) is 18.4 Å². The van der Waals surface area contributed by atoms with Crippen LogP contribution in [0, 0.1) is 11.3 Å². The van der Waals surface area contributed by atoms with Gasteiger partial charge in [0, 0.05) is 19.3 Å². The Hall–Kier alpha value is -2.70. The highest BCUT2D eigenvalue weighted by molar-refractivity contribution is 6.33. The van der Waals surface area contributed by atoms with Crippen molar-refractivity contribution in [1.82, 2.24) is 25.3 Å². The maximum absolute atomic E-state index is 12.1. The van der Waals surface area contributed by atoms with E-state index in [0.717, 1.165) is 12.8 Å². The van der Waals surface area contributed by atoms with Crippen LogP contribution in [0.4, 0.5) is 5.82 Å². The highest BCUT2D eigenvalue weighted by Gasteiger charge is 2.22. The number of carbonyl (C=O) groups is 1. The zero-order valence-electron chi connectivity index (χ0n) is 13.9. The van der Waals surface area contributed by atoms with Crippen LogP contribution in [0.5, 0.6) is 0 Å². The largest absolute Gasteiger partial charge is 0.389 e. The molecular weight excluding hydrogens is 358 g/mol. The van der Waals surface area contributed by atoms with Crippen LogP contribution in [0.3, 0.4) is 0 Å². The molecule has 9 nitrogen and oxygen atoms in total. The summed E-state index contributed by atoms with van der Waals surface area (Å²) in [7, 11) is 0. The number of amides is 1. The zero-order valence-corrected chi connectivity index (χ0v) is 14.6. The Morgan fingerprint density at radius 1 is 1.50 bits per heavy atom. The van der Waals surface area contributed by atoms with Gasteiger partial charge in [-0.25, -0.2) is 9.67 Å². The summed E-state index contributed by atoms with van der Waals surface area (Å²) >= 11 is 6.00. The number of aliphatic hydroxyl groups excluding tert-OH is 1. The summed E-state index contributed by atoms with van der Waals surface area (Å²) in [5.41, 5.74) is 0.581. The molecule has 1 aliphatic carbocycles. The van der Waals surface area contributed by atoms with Gasteiger partial charge in [0.1, 0.15) is 11.9 Å². The normalized spacial score (nSPS) is 15.0. The highest BCUT2D eigenvalue weighted by Crippen LogP contribution is 2.30. The molecule has 0 aromatic carbocycles. The van der Waals surface area contributed by atoms with Gasteiger partial charge in [-0.05, 0) is 25.3 Å². The van der Waals surface area contributed by atoms with Gasteiger partial charge >= 0.3 is 0 Å². The van der Waals surface area contributed by atoms with Gasteiger partial charge in [0.25, 0.3) is 5.91 Å². The molecular formula is C16H18ClN7O2. The number of nitrogens with one attached hydrogen (secondary N) is 2. The maximum atomic E-state index is 12.1. The van der Waals surface area contributed by atoms with E-state index in [4.69, 9.17) is 16.9 Å². The first-order valence-corrected chi connectivity index (χ1v) is 8.62. The fourth-order valence-corrected chi connectivity index (χ4v) is 2.66. The number of aliphatic hydroxyl groups is 1. The van der Waals surface area contributed by atoms with E-state index in [2.05, 4.69) is 25.9 Å². The SMILES string of the molecule is N#Cc1cnc(NCC(O)CNC(=O)c2cn(C3CCC3)nn2)c(Cl)c1. The molecule has 3 N–H and O–H groups in total. The van der Waals surface area contributed by atoms with Crippen molar-refractivity contribution in [1.29, 1.82) is 5.26 Å². The molecule has 0 spiro atoms. The highest BCUT2D eigenvalue weighted by atomic mass is 35.5. The molecule has 1 amide bonds. The average molecular weight is 376 g/mol. The van der Waals surface area contributed by atoms with E-state index in [1.54, 1.807) is 10.9 Å². The lowest BCUT2D eigenvalue weighted by Gasteiger charge is -2.24. The lowest BCUT2D eigenvalue weighted by molar-refractivity contribution is 0.0916. The van der Waals surface area contributed by atoms with Crippen molar-refractivity contribution in [2.45, 2.75) is 31.4 Å². The predicted octanol–water partition coefficient (Wildman–Crippen LogP) is 1.13. The first-order chi connectivity index (χ1) is 12.6. The third-order valence-corrected chi connectivity index (χ3v) is 4.45. The molecule has 2 aromatic heterocycles. The smallest absolute Gasteiger partial charge is 0.273 e. The molecule has 1 unspecified atom stereocenters. The number of carbonyl (C=O) groups excluding carboxylic acids is 1. The van der Waals surface area contributed by atoms with Crippen LogP contribution in [0.1, 0.15) is 41.4 Å². The minimum Gasteiger partial charge on any atom is -0.389 e. The number of anilines is 1. The summed E-state index contributed by atoms with van der Waals surface area (Å²) in [6.45, 7) is 0.170. The molecule has 2 aromatic rings. The first-order valence-electron chi connectivity index (χ1n) is 8.24. The molecule has 0 aliphatic heterocycles. The average Bonchev–Trinajstić information content (AvgIpc) is 3.06. The first kappa shape index (κ1) is 18.1. The summed E-state index contributed by atoms with van der Waals surface area (Å²) in [4.78, 5) is 16.1. The van der Waals surface area contributed by atoms with Gasteiger partial charge in [0.2, 0.25) is 0 Å². The van der Waals surface area contributed by atoms with Crippen LogP contribution < -0.4 is 10.6 Å². The topological polar surface area (TPSA) is 129 Å². The van der Waals surface area contributed by atoms with Crippen molar-refractivity contribution in [3.63, 3.8) is 0 Å². The molecule has 0 bridgehead atoms. The van der Waals surface area contributed by atoms with Crippen molar-refractivity contribution in [3.05, 3.63) is 34.7 Å². The van der Waals surface area contributed by atoms with E-state index in [0.29, 0.717) is 17.4 Å². The maximum Gasteiger partial charge on any atom is 0.273 e. The van der Waals surface area contributed by atoms with Crippen LogP contribution >= 0.6 is 11.6 Å². The van der Waals surface area contributed by atoms with Crippen molar-refractivity contribution < 1.29 is 9.90 Å². The minimum atomic E-state index is -0.853. The van der Waals surface area contributed by atoms with Crippen LogP contribution in [-0.4, -0.2) is 50.2 Å². The van der Waals surface area contributed by atoms with E-state index in [1.807, 2.05) is 6.07 Å². The summed E-state index contributed by atoms with van der Waals surface area (Å²) < 4.78 is 1.72. The Balaban J connectivity index is 1.45. The van der Waals surface area contributed by atoms with Gasteiger partial charge in [-0.3, -0.25) is 4.79 Å². The number of hydrogen-bond acceptors (Lipinski definition) is 7. The van der Waals surface area contributed by atoms with E-state index < -0.39 is 6.10 Å². The molecule has 1 aliphatic rings. The quantitative estimate of drug-likeness (QED) is 0.661. The number of hydrogen-bond donors (Lipinski definition) is 3. The van der Waals surface area contributed by atoms with E-state index in [-0.39, 0.29) is 29.7 Å². The number of rotatable bonds is 7. The molecule has 10 heteroatoms. The fraction of sp³-hybridized carbons (Fsp3) is 0.438. The third kappa shape index (κ3) is 4.28. The third-order valence-electron chi connectivity index (χ3n) is 4.17. The van der Waals surface area contributed by atoms with E-state index in [9.17, 15) is 9.90 Å². The number of pyridine rings is 1. The van der Waals surface area contributed by atoms with Crippen molar-refractivity contribution in [2.24, 2.45) is 0 Å². The van der Waals surface area contributed by atoms with E-state index >= 15 is 0 Å². The lowest BCUT2D eigenvalue weighted by Crippen LogP contribution is -2.36. The Morgan fingerprint density at radius 3 is 2.96 bits per heavy atom. The summed E-state index contributed by atoms with van der Waals surface area (Å²) in [5, 5.41) is 32.4. The van der Waals surface area contributed by atoms with Gasteiger partial charge in [-0.1, -0.05) is 16.8 Å². The minimum absolute atomic E-state index is 0.0377. The molecule has 2 heterocycles. The fourth-order valence-electron chi connectivity index (χ4n) is 2.43. The number of aromatic nitrogens is 4. The summed E-state index contributed by atoms with van der Waals surface area (Å²) in [6.07, 6.45) is 5.44. The Bertz CT molecular complexity index is 828. The van der Waals surface area contributed by atoms with Crippen molar-refractivity contribution >= 4 is 23.3 Å². The second kappa shape index (κ2) is 8.12. The lowest BCUT2D eigenvalue weighted by atomic mass is 9.93. The van der Waals surface area contributed by atoms with Crippen LogP contribution in [0.15, 0.2) is 18.5 Å². The van der Waals surface area contributed by atoms with Crippen molar-refractivity contribution in [3.8, 4) is 6.07 Å². The molecule has 1 fully saturated rings. The summed E-state index contributed by atoms with van der Waals surface area (Å²) in [5.74, 6) is -0.0244. The molecule has 136 valence electrons. The van der Waals surface area contributed by atoms with Gasteiger partial charge in [-0.15, -0.1) is 5.10 Å². The molecule has 3 rings (SSSR count). The van der Waals surface area contributed by atoms with Gasteiger partial charge in [-0.2, -0.15) is 5.26 Å². The van der Waals surface area contributed by atoms with Crippen LogP contribution in [-0.2, 0) is 0 Å². The van der Waals surface area contributed by atoms with Gasteiger partial charge < -0.3 is 15.7 Å². The standard InChI is InChI=1S/C16H18ClN7O2/c17-13-4-10(5-18)6-19-15(13)20-7-12(25)8-21-16(26)14-9-24(23-22-14)11-2-1-3-11/h4,6,9,11-12,25H,1-3,7-8H2,(H,19,20)(H,21,26). The number of nitrogens with zero attached hydrogens (tertiary/aromatic N) is 5. The predicted molar refractivity (Wildman–Crippen MR) is 93.7 cm³/mol.